The van der Waals surface area contributed by atoms with Crippen molar-refractivity contribution in [2.75, 3.05) is 0 Å². The number of nitrogens with one attached hydrogen (secondary N) is 1. The van der Waals surface area contributed by atoms with E-state index in [1.165, 1.54) is 0 Å². The minimum Gasteiger partial charge on any atom is -0.330 e. The van der Waals surface area contributed by atoms with Gasteiger partial charge in [0, 0.05) is 10.7 Å². The van der Waals surface area contributed by atoms with Crippen LogP contribution in [0.25, 0.3) is 16.7 Å². The summed E-state index contributed by atoms with van der Waals surface area (Å²) in [7, 11) is 0. The topological polar surface area (TPSA) is 44.5 Å². The normalized spacial score (nSPS) is 10.5. The molecule has 2 aromatic carbocycles. The molecule has 0 aliphatic carbocycles. The third-order valence-electron chi connectivity index (χ3n) is 2.90. The van der Waals surface area contributed by atoms with Crippen LogP contribution >= 0.6 is 23.8 Å². The maximum atomic E-state index is 8.82. The van der Waals surface area contributed by atoms with Gasteiger partial charge in [0.1, 0.15) is 0 Å². The number of nitrogens with zero attached hydrogens (tertiary/aromatic N) is 2. The lowest BCUT2D eigenvalue weighted by Crippen LogP contribution is -1.93. The molecule has 0 aliphatic heterocycles. The SMILES string of the molecule is N#Cc1ccc(-n2c(=S)[nH]c3ccc(Cl)cc32)cc1. The summed E-state index contributed by atoms with van der Waals surface area (Å²) in [5.41, 5.74) is 3.37. The van der Waals surface area contributed by atoms with E-state index in [1.807, 2.05) is 34.9 Å². The second-order valence-electron chi connectivity index (χ2n) is 4.09. The molecule has 0 unspecified atom stereocenters. The first-order valence-corrected chi connectivity index (χ1v) is 6.38. The predicted molar refractivity (Wildman–Crippen MR) is 78.2 cm³/mol. The summed E-state index contributed by atoms with van der Waals surface area (Å²) in [6.07, 6.45) is 0. The van der Waals surface area contributed by atoms with Crippen LogP contribution in [-0.4, -0.2) is 9.55 Å². The van der Waals surface area contributed by atoms with Gasteiger partial charge in [-0.1, -0.05) is 11.6 Å². The molecule has 19 heavy (non-hydrogen) atoms. The molecule has 0 saturated heterocycles. The summed E-state index contributed by atoms with van der Waals surface area (Å²) < 4.78 is 2.50. The van der Waals surface area contributed by atoms with E-state index in [9.17, 15) is 0 Å². The van der Waals surface area contributed by atoms with Crippen LogP contribution < -0.4 is 0 Å². The number of fused-ring (bicyclic) bond motifs is 1. The summed E-state index contributed by atoms with van der Waals surface area (Å²) in [6, 6.07) is 14.9. The molecule has 0 saturated carbocycles. The maximum absolute atomic E-state index is 8.82. The van der Waals surface area contributed by atoms with Gasteiger partial charge < -0.3 is 4.98 Å². The summed E-state index contributed by atoms with van der Waals surface area (Å²) in [4.78, 5) is 3.14. The van der Waals surface area contributed by atoms with Gasteiger partial charge in [-0.2, -0.15) is 5.26 Å². The van der Waals surface area contributed by atoms with Crippen molar-refractivity contribution >= 4 is 34.9 Å². The van der Waals surface area contributed by atoms with Crippen molar-refractivity contribution < 1.29 is 0 Å². The molecule has 0 amide bonds. The highest BCUT2D eigenvalue weighted by atomic mass is 35.5. The Balaban J connectivity index is 2.29. The number of aromatic nitrogens is 2. The smallest absolute Gasteiger partial charge is 0.182 e. The van der Waals surface area contributed by atoms with Crippen LogP contribution in [0.2, 0.25) is 5.02 Å². The molecule has 0 aliphatic rings. The zero-order valence-corrected chi connectivity index (χ0v) is 11.3. The third-order valence-corrected chi connectivity index (χ3v) is 3.42. The number of hydrogen-bond donors (Lipinski definition) is 1. The Hall–Kier alpha value is -2.09. The van der Waals surface area contributed by atoms with Crippen LogP contribution in [0.3, 0.4) is 0 Å². The molecule has 1 heterocycles. The van der Waals surface area contributed by atoms with Gasteiger partial charge in [0.2, 0.25) is 0 Å². The van der Waals surface area contributed by atoms with Gasteiger partial charge in [-0.15, -0.1) is 0 Å². The van der Waals surface area contributed by atoms with Crippen molar-refractivity contribution in [3.63, 3.8) is 0 Å². The second-order valence-corrected chi connectivity index (χ2v) is 4.91. The zero-order valence-electron chi connectivity index (χ0n) is 9.72. The van der Waals surface area contributed by atoms with E-state index >= 15 is 0 Å². The van der Waals surface area contributed by atoms with Crippen molar-refractivity contribution in [2.24, 2.45) is 0 Å². The van der Waals surface area contributed by atoms with Crippen LogP contribution in [0.5, 0.6) is 0 Å². The minimum atomic E-state index is 0.599. The average molecular weight is 286 g/mol. The number of imidazole rings is 1. The summed E-state index contributed by atoms with van der Waals surface area (Å²) >= 11 is 11.4. The molecule has 5 heteroatoms. The second kappa shape index (κ2) is 4.54. The number of rotatable bonds is 1. The molecule has 0 bridgehead atoms. The van der Waals surface area contributed by atoms with E-state index in [0.29, 0.717) is 15.4 Å². The maximum Gasteiger partial charge on any atom is 0.182 e. The van der Waals surface area contributed by atoms with Gasteiger partial charge in [-0.3, -0.25) is 4.57 Å². The number of aromatic amines is 1. The fourth-order valence-electron chi connectivity index (χ4n) is 2.02. The first kappa shape index (κ1) is 12.0. The van der Waals surface area contributed by atoms with Crippen LogP contribution in [0.1, 0.15) is 5.56 Å². The largest absolute Gasteiger partial charge is 0.330 e. The highest BCUT2D eigenvalue weighted by Gasteiger charge is 2.07. The first-order chi connectivity index (χ1) is 9.19. The molecule has 0 fully saturated rings. The van der Waals surface area contributed by atoms with Crippen LogP contribution in [0, 0.1) is 16.1 Å². The Kier molecular flexibility index (Phi) is 2.86. The number of H-pyrrole nitrogens is 1. The van der Waals surface area contributed by atoms with E-state index in [1.54, 1.807) is 12.1 Å². The van der Waals surface area contributed by atoms with Gasteiger partial charge in [0.25, 0.3) is 0 Å². The highest BCUT2D eigenvalue weighted by molar-refractivity contribution is 7.71. The van der Waals surface area contributed by atoms with Gasteiger partial charge in [-0.05, 0) is 54.7 Å². The molecular weight excluding hydrogens is 278 g/mol. The molecular formula is C14H8ClN3S. The van der Waals surface area contributed by atoms with E-state index in [0.717, 1.165) is 16.7 Å². The van der Waals surface area contributed by atoms with E-state index in [-0.39, 0.29) is 0 Å². The lowest BCUT2D eigenvalue weighted by molar-refractivity contribution is 1.06. The Bertz CT molecular complexity index is 853. The molecule has 3 aromatic rings. The Morgan fingerprint density at radius 3 is 2.58 bits per heavy atom. The van der Waals surface area contributed by atoms with Gasteiger partial charge >= 0.3 is 0 Å². The lowest BCUT2D eigenvalue weighted by atomic mass is 10.2. The standard InChI is InChI=1S/C14H8ClN3S/c15-10-3-6-12-13(7-10)18(14(19)17-12)11-4-1-9(8-16)2-5-11/h1-7H,(H,17,19). The van der Waals surface area contributed by atoms with Crippen molar-refractivity contribution in [1.29, 1.82) is 5.26 Å². The Labute approximate surface area is 119 Å². The Morgan fingerprint density at radius 2 is 1.89 bits per heavy atom. The number of hydrogen-bond acceptors (Lipinski definition) is 2. The molecule has 1 N–H and O–H groups in total. The molecule has 0 spiro atoms. The lowest BCUT2D eigenvalue weighted by Gasteiger charge is -2.04. The van der Waals surface area contributed by atoms with Gasteiger partial charge in [0.15, 0.2) is 4.77 Å². The number of nitriles is 1. The fourth-order valence-corrected chi connectivity index (χ4v) is 2.50. The van der Waals surface area contributed by atoms with Crippen LogP contribution in [0.4, 0.5) is 0 Å². The van der Waals surface area contributed by atoms with E-state index < -0.39 is 0 Å². The van der Waals surface area contributed by atoms with Crippen molar-refractivity contribution in [3.05, 3.63) is 57.8 Å². The van der Waals surface area contributed by atoms with Crippen LogP contribution in [0.15, 0.2) is 42.5 Å². The summed E-state index contributed by atoms with van der Waals surface area (Å²) in [6.45, 7) is 0. The van der Waals surface area contributed by atoms with Crippen LogP contribution in [-0.2, 0) is 0 Å². The van der Waals surface area contributed by atoms with Crippen molar-refractivity contribution in [2.45, 2.75) is 0 Å². The molecule has 3 nitrogen and oxygen atoms in total. The van der Waals surface area contributed by atoms with Crippen molar-refractivity contribution in [3.8, 4) is 11.8 Å². The zero-order chi connectivity index (χ0) is 13.4. The fraction of sp³-hybridized carbons (Fsp3) is 0. The molecule has 0 radical (unpaired) electrons. The minimum absolute atomic E-state index is 0.599. The molecule has 92 valence electrons. The van der Waals surface area contributed by atoms with Gasteiger partial charge in [-0.25, -0.2) is 0 Å². The monoisotopic (exact) mass is 285 g/mol. The first-order valence-electron chi connectivity index (χ1n) is 5.60. The van der Waals surface area contributed by atoms with Crippen molar-refractivity contribution in [1.82, 2.24) is 9.55 Å². The molecule has 1 aromatic heterocycles. The average Bonchev–Trinajstić information content (AvgIpc) is 2.74. The molecule has 0 atom stereocenters. The summed E-state index contributed by atoms with van der Waals surface area (Å²) in [5.74, 6) is 0. The number of halogens is 1. The quantitative estimate of drug-likeness (QED) is 0.681. The molecule has 3 rings (SSSR count). The highest BCUT2D eigenvalue weighted by Crippen LogP contribution is 2.23. The number of benzene rings is 2. The summed E-state index contributed by atoms with van der Waals surface area (Å²) in [5, 5.41) is 9.48. The van der Waals surface area contributed by atoms with E-state index in [4.69, 9.17) is 29.1 Å². The third kappa shape index (κ3) is 2.03. The van der Waals surface area contributed by atoms with E-state index in [2.05, 4.69) is 11.1 Å². The Morgan fingerprint density at radius 1 is 1.16 bits per heavy atom. The van der Waals surface area contributed by atoms with Gasteiger partial charge in [0.05, 0.1) is 22.7 Å². The predicted octanol–water partition coefficient (Wildman–Crippen LogP) is 4.21.